The van der Waals surface area contributed by atoms with E-state index in [4.69, 9.17) is 28.4 Å². The molecule has 3 aliphatic heterocycles. The van der Waals surface area contributed by atoms with E-state index in [1.165, 1.54) is 57.8 Å². The number of carbonyl (C=O) groups is 1. The smallest absolute Gasteiger partial charge is 0.220 e. The van der Waals surface area contributed by atoms with E-state index < -0.39 is 124 Å². The third kappa shape index (κ3) is 22.7. The fourth-order valence-electron chi connectivity index (χ4n) is 9.14. The first-order valence-electron chi connectivity index (χ1n) is 27.2. The lowest BCUT2D eigenvalue weighted by molar-refractivity contribution is -0.379. The number of nitrogens with one attached hydrogen (secondary N) is 1. The molecule has 0 saturated carbocycles. The molecule has 0 aromatic rings. The highest BCUT2D eigenvalue weighted by molar-refractivity contribution is 5.76. The molecule has 19 nitrogen and oxygen atoms in total. The summed E-state index contributed by atoms with van der Waals surface area (Å²) in [4.78, 5) is 13.1. The zero-order valence-electron chi connectivity index (χ0n) is 43.1. The highest BCUT2D eigenvalue weighted by atomic mass is 16.8. The van der Waals surface area contributed by atoms with Crippen LogP contribution in [0.25, 0.3) is 0 Å². The Morgan fingerprint density at radius 3 is 1.43 bits per heavy atom. The van der Waals surface area contributed by atoms with E-state index in [0.717, 1.165) is 64.2 Å². The molecule has 3 saturated heterocycles. The maximum atomic E-state index is 13.1. The van der Waals surface area contributed by atoms with E-state index in [0.29, 0.717) is 19.3 Å². The minimum atomic E-state index is -1.97. The number of carbonyl (C=O) groups excluding carboxylic acids is 1. The molecule has 72 heavy (non-hydrogen) atoms. The largest absolute Gasteiger partial charge is 0.394 e. The molecule has 420 valence electrons. The Labute approximate surface area is 428 Å². The van der Waals surface area contributed by atoms with Crippen molar-refractivity contribution in [3.05, 3.63) is 36.5 Å². The SMILES string of the molecule is CCCCCCC/C=C\C/C=C\C/C=C\CCCCCCCCCCC(=O)NC(COC1OC(CO)C(OC2OC(CO)C(OC3OC(CO)C(O)C(O)C3O)C(O)C2O)C(O)C1O)C(O)CCCCCC. The van der Waals surface area contributed by atoms with Crippen LogP contribution in [0.4, 0.5) is 0 Å². The molecule has 0 radical (unpaired) electrons. The summed E-state index contributed by atoms with van der Waals surface area (Å²) in [5, 5.41) is 119. The highest BCUT2D eigenvalue weighted by Crippen LogP contribution is 2.33. The average molecular weight is 1030 g/mol. The summed E-state index contributed by atoms with van der Waals surface area (Å²) < 4.78 is 34.0. The molecule has 19 heteroatoms. The van der Waals surface area contributed by atoms with Crippen LogP contribution in [0.1, 0.15) is 162 Å². The van der Waals surface area contributed by atoms with E-state index in [9.17, 15) is 61.0 Å². The number of rotatable bonds is 38. The molecule has 0 spiro atoms. The molecule has 17 unspecified atom stereocenters. The van der Waals surface area contributed by atoms with Gasteiger partial charge in [-0.2, -0.15) is 0 Å². The molecule has 0 aliphatic carbocycles. The molecule has 3 aliphatic rings. The van der Waals surface area contributed by atoms with Gasteiger partial charge in [-0.3, -0.25) is 4.79 Å². The monoisotopic (exact) mass is 1030 g/mol. The van der Waals surface area contributed by atoms with Gasteiger partial charge < -0.3 is 89.9 Å². The minimum absolute atomic E-state index is 0.255. The van der Waals surface area contributed by atoms with Crippen LogP contribution in [0.3, 0.4) is 0 Å². The molecular weight excluding hydrogens is 939 g/mol. The molecule has 17 atom stereocenters. The van der Waals surface area contributed by atoms with Gasteiger partial charge in [0.2, 0.25) is 5.91 Å². The molecule has 0 aromatic heterocycles. The normalized spacial score (nSPS) is 32.3. The number of amides is 1. The third-order valence-electron chi connectivity index (χ3n) is 13.7. The van der Waals surface area contributed by atoms with Crippen LogP contribution in [0.15, 0.2) is 36.5 Å². The summed E-state index contributed by atoms with van der Waals surface area (Å²) in [5.74, 6) is -0.262. The topological polar surface area (TPSA) is 307 Å². The minimum Gasteiger partial charge on any atom is -0.394 e. The fraction of sp³-hybridized carbons (Fsp3) is 0.868. The zero-order valence-corrected chi connectivity index (χ0v) is 43.1. The van der Waals surface area contributed by atoms with Crippen molar-refractivity contribution in [3.63, 3.8) is 0 Å². The Morgan fingerprint density at radius 1 is 0.500 bits per heavy atom. The van der Waals surface area contributed by atoms with E-state index >= 15 is 0 Å². The summed E-state index contributed by atoms with van der Waals surface area (Å²) in [5.41, 5.74) is 0. The van der Waals surface area contributed by atoms with Crippen molar-refractivity contribution >= 4 is 5.91 Å². The summed E-state index contributed by atoms with van der Waals surface area (Å²) in [6.45, 7) is 1.60. The van der Waals surface area contributed by atoms with E-state index in [1.54, 1.807) is 0 Å². The van der Waals surface area contributed by atoms with Gasteiger partial charge in [0.15, 0.2) is 18.9 Å². The van der Waals surface area contributed by atoms with Crippen molar-refractivity contribution in [2.24, 2.45) is 0 Å². The molecule has 3 heterocycles. The van der Waals surface area contributed by atoms with Gasteiger partial charge in [-0.25, -0.2) is 0 Å². The summed E-state index contributed by atoms with van der Waals surface area (Å²) >= 11 is 0. The number of allylic oxidation sites excluding steroid dienone is 6. The summed E-state index contributed by atoms with van der Waals surface area (Å²) in [6.07, 6.45) is 10.5. The van der Waals surface area contributed by atoms with Gasteiger partial charge in [0.1, 0.15) is 73.2 Å². The van der Waals surface area contributed by atoms with Gasteiger partial charge in [0.05, 0.1) is 38.6 Å². The highest BCUT2D eigenvalue weighted by Gasteiger charge is 2.53. The van der Waals surface area contributed by atoms with Crippen molar-refractivity contribution in [1.29, 1.82) is 0 Å². The fourth-order valence-corrected chi connectivity index (χ4v) is 9.14. The quantitative estimate of drug-likeness (QED) is 0.0313. The Morgan fingerprint density at radius 2 is 0.917 bits per heavy atom. The molecule has 0 bridgehead atoms. The second kappa shape index (κ2) is 37.7. The predicted octanol–water partition coefficient (Wildman–Crippen LogP) is 2.98. The Balaban J connectivity index is 1.40. The first-order chi connectivity index (χ1) is 34.8. The van der Waals surface area contributed by atoms with Crippen LogP contribution in [0.5, 0.6) is 0 Å². The van der Waals surface area contributed by atoms with Crippen molar-refractivity contribution in [2.75, 3.05) is 26.4 Å². The van der Waals surface area contributed by atoms with Gasteiger partial charge >= 0.3 is 0 Å². The second-order valence-corrected chi connectivity index (χ2v) is 19.7. The third-order valence-corrected chi connectivity index (χ3v) is 13.7. The number of unbranched alkanes of at least 4 members (excludes halogenated alkanes) is 16. The van der Waals surface area contributed by atoms with E-state index in [1.807, 2.05) is 0 Å². The summed E-state index contributed by atoms with van der Waals surface area (Å²) in [7, 11) is 0. The van der Waals surface area contributed by atoms with Crippen LogP contribution in [-0.4, -0.2) is 193 Å². The van der Waals surface area contributed by atoms with E-state index in [-0.39, 0.29) is 18.9 Å². The first kappa shape index (κ1) is 64.3. The van der Waals surface area contributed by atoms with Gasteiger partial charge in [0.25, 0.3) is 0 Å². The Kier molecular flexibility index (Phi) is 33.7. The lowest BCUT2D eigenvalue weighted by atomic mass is 9.96. The lowest BCUT2D eigenvalue weighted by Crippen LogP contribution is -2.66. The number of hydrogen-bond donors (Lipinski definition) is 12. The molecular formula is C53H95NO18. The number of aliphatic hydroxyl groups excluding tert-OH is 11. The van der Waals surface area contributed by atoms with Gasteiger partial charge in [0, 0.05) is 6.42 Å². The maximum absolute atomic E-state index is 13.1. The van der Waals surface area contributed by atoms with Gasteiger partial charge in [-0.1, -0.05) is 140 Å². The number of aliphatic hydroxyl groups is 11. The second-order valence-electron chi connectivity index (χ2n) is 19.7. The molecule has 1 amide bonds. The van der Waals surface area contributed by atoms with Crippen molar-refractivity contribution in [2.45, 2.75) is 266 Å². The van der Waals surface area contributed by atoms with Crippen molar-refractivity contribution in [3.8, 4) is 0 Å². The van der Waals surface area contributed by atoms with Crippen LogP contribution < -0.4 is 5.32 Å². The van der Waals surface area contributed by atoms with Gasteiger partial charge in [-0.05, 0) is 51.4 Å². The van der Waals surface area contributed by atoms with E-state index in [2.05, 4.69) is 55.6 Å². The van der Waals surface area contributed by atoms with Crippen molar-refractivity contribution < 1.29 is 89.4 Å². The standard InChI is InChI=1S/C53H95NO18/c1-3-5-7-9-10-11-12-13-14-15-16-17-18-19-20-21-22-23-24-25-26-27-29-31-41(59)54-36(37(58)30-28-8-6-4-2)35-67-51-47(65)44(62)49(39(33-56)69-51)72-53-48(66)45(63)50(40(34-57)70-53)71-52-46(64)43(61)42(60)38(32-55)68-52/h12-13,15-16,18-19,36-40,42-53,55-58,60-66H,3-11,14,17,20-35H2,1-2H3,(H,54,59)/b13-12-,16-15-,19-18-. The molecule has 3 rings (SSSR count). The Hall–Kier alpha value is -1.99. The maximum Gasteiger partial charge on any atom is 0.220 e. The molecule has 0 aromatic carbocycles. The molecule has 3 fully saturated rings. The van der Waals surface area contributed by atoms with Crippen LogP contribution in [0.2, 0.25) is 0 Å². The van der Waals surface area contributed by atoms with Crippen LogP contribution >= 0.6 is 0 Å². The average Bonchev–Trinajstić information content (AvgIpc) is 3.38. The zero-order chi connectivity index (χ0) is 52.7. The van der Waals surface area contributed by atoms with Gasteiger partial charge in [-0.15, -0.1) is 0 Å². The first-order valence-corrected chi connectivity index (χ1v) is 27.2. The van der Waals surface area contributed by atoms with Crippen LogP contribution in [-0.2, 0) is 33.2 Å². The lowest BCUT2D eigenvalue weighted by Gasteiger charge is -2.48. The number of ether oxygens (including phenoxy) is 6. The van der Waals surface area contributed by atoms with Crippen LogP contribution in [0, 0.1) is 0 Å². The summed E-state index contributed by atoms with van der Waals surface area (Å²) in [6, 6.07) is -0.886. The van der Waals surface area contributed by atoms with Crippen molar-refractivity contribution in [1.82, 2.24) is 5.32 Å². The Bertz CT molecular complexity index is 1470. The number of hydrogen-bond acceptors (Lipinski definition) is 18. The predicted molar refractivity (Wildman–Crippen MR) is 268 cm³/mol. The molecule has 12 N–H and O–H groups in total.